The van der Waals surface area contributed by atoms with Crippen LogP contribution in [0.5, 0.6) is 0 Å². The van der Waals surface area contributed by atoms with Crippen LogP contribution in [0.25, 0.3) is 16.9 Å². The molecule has 0 atom stereocenters. The summed E-state index contributed by atoms with van der Waals surface area (Å²) in [5.74, 6) is -1.41. The average Bonchev–Trinajstić information content (AvgIpc) is 3.13. The molecule has 2 heterocycles. The van der Waals surface area contributed by atoms with Gasteiger partial charge in [0.15, 0.2) is 0 Å². The van der Waals surface area contributed by atoms with Crippen LogP contribution in [0.15, 0.2) is 30.3 Å². The largest absolute Gasteiger partial charge is 0.465 e. The molecule has 1 aromatic heterocycles. The number of benzene rings is 2. The lowest BCUT2D eigenvalue weighted by Gasteiger charge is -2.24. The highest BCUT2D eigenvalue weighted by molar-refractivity contribution is 5.73. The number of halogens is 2. The second kappa shape index (κ2) is 8.02. The molecular weight excluding hydrogens is 402 g/mol. The van der Waals surface area contributed by atoms with Crippen molar-refractivity contribution in [2.24, 2.45) is 0 Å². The number of hydrogen-bond donors (Lipinski definition) is 2. The van der Waals surface area contributed by atoms with Gasteiger partial charge in [0.05, 0.1) is 29.3 Å². The highest BCUT2D eigenvalue weighted by atomic mass is 19.1. The number of para-hydroxylation sites is 1. The van der Waals surface area contributed by atoms with Crippen molar-refractivity contribution in [1.82, 2.24) is 14.7 Å². The molecule has 31 heavy (non-hydrogen) atoms. The number of aryl methyl sites for hydroxylation is 2. The lowest BCUT2D eigenvalue weighted by Crippen LogP contribution is -2.34. The van der Waals surface area contributed by atoms with Crippen molar-refractivity contribution in [3.05, 3.63) is 64.4 Å². The lowest BCUT2D eigenvalue weighted by molar-refractivity contribution is 0.140. The first kappa shape index (κ1) is 20.8. The van der Waals surface area contributed by atoms with Crippen molar-refractivity contribution >= 4 is 11.8 Å². The van der Waals surface area contributed by atoms with Gasteiger partial charge in [-0.1, -0.05) is 32.0 Å². The topological polar surface area (TPSA) is 84.4 Å². The Bertz CT molecular complexity index is 1150. The van der Waals surface area contributed by atoms with Crippen LogP contribution in [0, 0.1) is 11.6 Å². The fourth-order valence-corrected chi connectivity index (χ4v) is 4.21. The number of carboxylic acid groups (broad SMARTS) is 1. The van der Waals surface area contributed by atoms with Gasteiger partial charge in [0.1, 0.15) is 11.6 Å². The van der Waals surface area contributed by atoms with Crippen molar-refractivity contribution < 1.29 is 18.7 Å². The summed E-state index contributed by atoms with van der Waals surface area (Å²) >= 11 is 0. The first-order valence-electron chi connectivity index (χ1n) is 10.3. The molecule has 0 fully saturated rings. The molecule has 0 bridgehead atoms. The third-order valence-corrected chi connectivity index (χ3v) is 5.82. The predicted octanol–water partition coefficient (Wildman–Crippen LogP) is 4.56. The van der Waals surface area contributed by atoms with E-state index < -0.39 is 17.7 Å². The van der Waals surface area contributed by atoms with E-state index in [1.165, 1.54) is 4.90 Å². The van der Waals surface area contributed by atoms with Crippen LogP contribution in [0.3, 0.4) is 0 Å². The molecule has 0 saturated carbocycles. The van der Waals surface area contributed by atoms with E-state index in [9.17, 15) is 14.3 Å². The van der Waals surface area contributed by atoms with Crippen LogP contribution in [0.2, 0.25) is 0 Å². The highest BCUT2D eigenvalue weighted by Crippen LogP contribution is 2.37. The predicted molar refractivity (Wildman–Crippen MR) is 114 cm³/mol. The molecule has 8 heteroatoms. The maximum atomic E-state index is 15.1. The number of anilines is 1. The lowest BCUT2D eigenvalue weighted by atomic mass is 9.98. The number of fused-ring (bicyclic) bond motifs is 1. The molecule has 0 unspecified atom stereocenters. The standard InChI is InChI=1S/C23H24F2N4O2/c1-3-13-6-5-7-14(4-2)21(13)29-22(15-10-18(25)19(26)11-17(15)24)16-12-28(23(30)31)9-8-20(16)27-29/h5-7,10-11H,3-4,8-9,12,26H2,1-2H3,(H,30,31). The molecule has 1 aliphatic rings. The summed E-state index contributed by atoms with van der Waals surface area (Å²) < 4.78 is 31.1. The van der Waals surface area contributed by atoms with Crippen molar-refractivity contribution in [2.45, 2.75) is 39.7 Å². The Balaban J connectivity index is 2.05. The zero-order chi connectivity index (χ0) is 22.3. The number of nitrogen functional groups attached to an aromatic ring is 1. The average molecular weight is 426 g/mol. The third kappa shape index (κ3) is 3.52. The van der Waals surface area contributed by atoms with Crippen molar-refractivity contribution in [3.63, 3.8) is 0 Å². The maximum absolute atomic E-state index is 15.1. The quantitative estimate of drug-likeness (QED) is 0.599. The van der Waals surface area contributed by atoms with E-state index in [0.717, 1.165) is 41.8 Å². The minimum atomic E-state index is -1.06. The molecule has 0 spiro atoms. The Morgan fingerprint density at radius 1 is 1.16 bits per heavy atom. The van der Waals surface area contributed by atoms with Crippen LogP contribution in [0.1, 0.15) is 36.2 Å². The molecule has 162 valence electrons. The summed E-state index contributed by atoms with van der Waals surface area (Å²) in [6, 6.07) is 7.97. The second-order valence-corrected chi connectivity index (χ2v) is 7.63. The molecule has 3 N–H and O–H groups in total. The van der Waals surface area contributed by atoms with E-state index in [1.54, 1.807) is 4.68 Å². The van der Waals surface area contributed by atoms with Crippen LogP contribution in [-0.4, -0.2) is 32.4 Å². The zero-order valence-corrected chi connectivity index (χ0v) is 17.5. The monoisotopic (exact) mass is 426 g/mol. The Hall–Kier alpha value is -3.42. The normalized spacial score (nSPS) is 13.4. The first-order valence-corrected chi connectivity index (χ1v) is 10.3. The molecule has 3 aromatic rings. The summed E-state index contributed by atoms with van der Waals surface area (Å²) in [4.78, 5) is 12.9. The van der Waals surface area contributed by atoms with Gasteiger partial charge in [-0.25, -0.2) is 18.3 Å². The Morgan fingerprint density at radius 2 is 1.84 bits per heavy atom. The Kier molecular flexibility index (Phi) is 5.39. The van der Waals surface area contributed by atoms with Crippen molar-refractivity contribution in [2.75, 3.05) is 12.3 Å². The smallest absolute Gasteiger partial charge is 0.407 e. The first-order chi connectivity index (χ1) is 14.8. The SMILES string of the molecule is CCc1cccc(CC)c1-n1nc2c(c1-c1cc(F)c(N)cc1F)CN(C(=O)O)CC2. The minimum Gasteiger partial charge on any atom is -0.465 e. The summed E-state index contributed by atoms with van der Waals surface area (Å²) in [6.07, 6.45) is 0.799. The maximum Gasteiger partial charge on any atom is 0.407 e. The summed E-state index contributed by atoms with van der Waals surface area (Å²) in [5, 5.41) is 14.3. The molecule has 4 rings (SSSR count). The number of rotatable bonds is 4. The third-order valence-electron chi connectivity index (χ3n) is 5.82. The number of carbonyl (C=O) groups is 1. The van der Waals surface area contributed by atoms with E-state index in [2.05, 4.69) is 0 Å². The van der Waals surface area contributed by atoms with Crippen LogP contribution < -0.4 is 5.73 Å². The highest BCUT2D eigenvalue weighted by Gasteiger charge is 2.30. The molecule has 0 aliphatic carbocycles. The zero-order valence-electron chi connectivity index (χ0n) is 17.5. The van der Waals surface area contributed by atoms with Crippen molar-refractivity contribution in [1.29, 1.82) is 0 Å². The van der Waals surface area contributed by atoms with Gasteiger partial charge in [0.25, 0.3) is 0 Å². The second-order valence-electron chi connectivity index (χ2n) is 7.63. The molecule has 0 saturated heterocycles. The van der Waals surface area contributed by atoms with E-state index in [4.69, 9.17) is 10.8 Å². The summed E-state index contributed by atoms with van der Waals surface area (Å²) in [5.41, 5.74) is 9.81. The molecule has 2 aromatic carbocycles. The number of aromatic nitrogens is 2. The number of nitrogens with zero attached hydrogens (tertiary/aromatic N) is 3. The summed E-state index contributed by atoms with van der Waals surface area (Å²) in [7, 11) is 0. The molecule has 1 aliphatic heterocycles. The van der Waals surface area contributed by atoms with Gasteiger partial charge in [-0.2, -0.15) is 5.10 Å². The number of hydrogen-bond acceptors (Lipinski definition) is 3. The van der Waals surface area contributed by atoms with Gasteiger partial charge >= 0.3 is 6.09 Å². The molecule has 1 amide bonds. The molecular formula is C23H24F2N4O2. The molecule has 0 radical (unpaired) electrons. The fraction of sp³-hybridized carbons (Fsp3) is 0.304. The minimum absolute atomic E-state index is 0.0145. The van der Waals surface area contributed by atoms with Crippen LogP contribution in [0.4, 0.5) is 19.3 Å². The van der Waals surface area contributed by atoms with E-state index >= 15 is 4.39 Å². The van der Waals surface area contributed by atoms with Gasteiger partial charge in [-0.15, -0.1) is 0 Å². The van der Waals surface area contributed by atoms with E-state index in [1.807, 2.05) is 32.0 Å². The summed E-state index contributed by atoms with van der Waals surface area (Å²) in [6.45, 7) is 4.41. The van der Waals surface area contributed by atoms with Crippen LogP contribution in [-0.2, 0) is 25.8 Å². The van der Waals surface area contributed by atoms with E-state index in [-0.39, 0.29) is 17.8 Å². The van der Waals surface area contributed by atoms with E-state index in [0.29, 0.717) is 29.9 Å². The van der Waals surface area contributed by atoms with Gasteiger partial charge in [-0.3, -0.25) is 0 Å². The van der Waals surface area contributed by atoms with Crippen LogP contribution >= 0.6 is 0 Å². The van der Waals surface area contributed by atoms with Gasteiger partial charge in [-0.05, 0) is 30.0 Å². The van der Waals surface area contributed by atoms with Gasteiger partial charge < -0.3 is 15.7 Å². The Labute approximate surface area is 178 Å². The van der Waals surface area contributed by atoms with Gasteiger partial charge in [0, 0.05) is 30.2 Å². The molecule has 6 nitrogen and oxygen atoms in total. The number of amides is 1. The Morgan fingerprint density at radius 3 is 2.45 bits per heavy atom. The van der Waals surface area contributed by atoms with Gasteiger partial charge in [0.2, 0.25) is 0 Å². The fourth-order valence-electron chi connectivity index (χ4n) is 4.21. The van der Waals surface area contributed by atoms with Crippen molar-refractivity contribution in [3.8, 4) is 16.9 Å². The number of nitrogens with two attached hydrogens (primary N) is 1.